The van der Waals surface area contributed by atoms with E-state index in [0.717, 1.165) is 29.5 Å². The summed E-state index contributed by atoms with van der Waals surface area (Å²) in [5.74, 6) is -0.668. The Balaban J connectivity index is 2.56. The molecule has 3 atom stereocenters. The second kappa shape index (κ2) is 14.5. The van der Waals surface area contributed by atoms with Crippen LogP contribution in [0.15, 0.2) is 61.2 Å². The van der Waals surface area contributed by atoms with Gasteiger partial charge in [-0.3, -0.25) is 9.59 Å². The van der Waals surface area contributed by atoms with Crippen LogP contribution in [0.2, 0.25) is 0 Å². The topological polar surface area (TPSA) is 87.7 Å². The van der Waals surface area contributed by atoms with E-state index in [1.165, 1.54) is 4.90 Å². The number of nitrogens with zero attached hydrogens (tertiary/aromatic N) is 1. The molecule has 39 heavy (non-hydrogen) atoms. The van der Waals surface area contributed by atoms with Crippen LogP contribution in [-0.4, -0.2) is 47.0 Å². The summed E-state index contributed by atoms with van der Waals surface area (Å²) in [5.41, 5.74) is 2.82. The average Bonchev–Trinajstić information content (AvgIpc) is 2.82. The molecule has 0 fully saturated rings. The van der Waals surface area contributed by atoms with Gasteiger partial charge in [-0.2, -0.15) is 0 Å². The van der Waals surface area contributed by atoms with Crippen LogP contribution in [0.1, 0.15) is 75.8 Å². The molecule has 0 spiro atoms. The lowest BCUT2D eigenvalue weighted by atomic mass is 9.97. The minimum absolute atomic E-state index is 0.0587. The van der Waals surface area contributed by atoms with E-state index in [1.807, 2.05) is 69.3 Å². The van der Waals surface area contributed by atoms with E-state index in [9.17, 15) is 14.4 Å². The molecule has 0 bridgehead atoms. The maximum atomic E-state index is 14.3. The van der Waals surface area contributed by atoms with E-state index in [1.54, 1.807) is 26.8 Å². The molecular formula is C32H45N3O4. The van der Waals surface area contributed by atoms with Crippen LogP contribution < -0.4 is 10.6 Å². The van der Waals surface area contributed by atoms with Gasteiger partial charge in [0.2, 0.25) is 11.8 Å². The quantitative estimate of drug-likeness (QED) is 0.336. The van der Waals surface area contributed by atoms with Crippen molar-refractivity contribution in [2.75, 3.05) is 6.54 Å². The van der Waals surface area contributed by atoms with Gasteiger partial charge in [0.15, 0.2) is 0 Å². The molecule has 7 heteroatoms. The van der Waals surface area contributed by atoms with Crippen LogP contribution in [0.25, 0.3) is 0 Å². The smallest absolute Gasteiger partial charge is 0.408 e. The third kappa shape index (κ3) is 10.2. The third-order valence-electron chi connectivity index (χ3n) is 6.11. The van der Waals surface area contributed by atoms with Crippen LogP contribution >= 0.6 is 0 Å². The molecule has 2 aromatic rings. The van der Waals surface area contributed by atoms with Gasteiger partial charge in [0.1, 0.15) is 17.7 Å². The van der Waals surface area contributed by atoms with Crippen molar-refractivity contribution in [2.45, 2.75) is 91.5 Å². The number of carbonyl (C=O) groups excluding carboxylic acids is 3. The molecule has 3 unspecified atom stereocenters. The fourth-order valence-electron chi connectivity index (χ4n) is 4.63. The zero-order valence-electron chi connectivity index (χ0n) is 24.5. The molecule has 0 radical (unpaired) electrons. The zero-order valence-corrected chi connectivity index (χ0v) is 24.5. The van der Waals surface area contributed by atoms with Gasteiger partial charge >= 0.3 is 6.09 Å². The van der Waals surface area contributed by atoms with E-state index < -0.39 is 29.7 Å². The van der Waals surface area contributed by atoms with Crippen molar-refractivity contribution in [3.8, 4) is 0 Å². The lowest BCUT2D eigenvalue weighted by Gasteiger charge is -2.34. The van der Waals surface area contributed by atoms with Crippen LogP contribution in [0.5, 0.6) is 0 Å². The number of carbonyl (C=O) groups is 3. The van der Waals surface area contributed by atoms with Gasteiger partial charge in [-0.15, -0.1) is 6.58 Å². The Morgan fingerprint density at radius 3 is 2.18 bits per heavy atom. The first-order valence-corrected chi connectivity index (χ1v) is 13.7. The number of amides is 3. The Labute approximate surface area is 234 Å². The summed E-state index contributed by atoms with van der Waals surface area (Å²) in [6.45, 7) is 17.2. The summed E-state index contributed by atoms with van der Waals surface area (Å²) in [5, 5.41) is 5.86. The first-order valence-electron chi connectivity index (χ1n) is 13.7. The second-order valence-corrected chi connectivity index (χ2v) is 11.2. The van der Waals surface area contributed by atoms with Crippen molar-refractivity contribution < 1.29 is 19.1 Å². The molecular weight excluding hydrogens is 490 g/mol. The van der Waals surface area contributed by atoms with Crippen molar-refractivity contribution in [3.05, 3.63) is 83.4 Å². The predicted octanol–water partition coefficient (Wildman–Crippen LogP) is 5.80. The number of ether oxygens (including phenoxy) is 1. The number of hydrogen-bond acceptors (Lipinski definition) is 4. The summed E-state index contributed by atoms with van der Waals surface area (Å²) in [6.07, 6.45) is 2.88. The van der Waals surface area contributed by atoms with E-state index in [2.05, 4.69) is 24.1 Å². The first kappa shape index (κ1) is 31.6. The van der Waals surface area contributed by atoms with E-state index in [0.29, 0.717) is 5.56 Å². The predicted molar refractivity (Wildman–Crippen MR) is 156 cm³/mol. The normalized spacial score (nSPS) is 13.5. The number of nitrogens with one attached hydrogen (secondary N) is 2. The van der Waals surface area contributed by atoms with Crippen molar-refractivity contribution in [1.82, 2.24) is 15.5 Å². The fourth-order valence-corrected chi connectivity index (χ4v) is 4.63. The summed E-state index contributed by atoms with van der Waals surface area (Å²) in [6, 6.07) is 13.4. The van der Waals surface area contributed by atoms with Crippen LogP contribution in [0.4, 0.5) is 4.79 Å². The minimum atomic E-state index is -0.962. The Bertz CT molecular complexity index is 1100. The van der Waals surface area contributed by atoms with Gasteiger partial charge in [-0.25, -0.2) is 4.79 Å². The lowest BCUT2D eigenvalue weighted by Crippen LogP contribution is -2.54. The Morgan fingerprint density at radius 1 is 1.03 bits per heavy atom. The molecule has 3 amide bonds. The van der Waals surface area contributed by atoms with Gasteiger partial charge in [0.05, 0.1) is 0 Å². The highest BCUT2D eigenvalue weighted by Crippen LogP contribution is 2.26. The Hall–Kier alpha value is -3.61. The highest BCUT2D eigenvalue weighted by atomic mass is 16.6. The average molecular weight is 536 g/mol. The molecule has 2 N–H and O–H groups in total. The molecule has 7 nitrogen and oxygen atoms in total. The number of benzene rings is 2. The van der Waals surface area contributed by atoms with Crippen LogP contribution in [-0.2, 0) is 20.7 Å². The first-order chi connectivity index (χ1) is 18.3. The highest BCUT2D eigenvalue weighted by Gasteiger charge is 2.36. The number of hydrogen-bond donors (Lipinski definition) is 2. The van der Waals surface area contributed by atoms with E-state index >= 15 is 0 Å². The van der Waals surface area contributed by atoms with E-state index in [-0.39, 0.29) is 24.9 Å². The van der Waals surface area contributed by atoms with Crippen molar-refractivity contribution in [1.29, 1.82) is 0 Å². The number of rotatable bonds is 12. The largest absolute Gasteiger partial charge is 0.444 e. The Kier molecular flexibility index (Phi) is 11.8. The second-order valence-electron chi connectivity index (χ2n) is 11.2. The molecule has 0 heterocycles. The number of alkyl carbamates (subject to hydrolysis) is 1. The van der Waals surface area contributed by atoms with Gasteiger partial charge in [0, 0.05) is 19.0 Å². The van der Waals surface area contributed by atoms with E-state index in [4.69, 9.17) is 4.74 Å². The van der Waals surface area contributed by atoms with Crippen molar-refractivity contribution in [3.63, 3.8) is 0 Å². The molecule has 2 aromatic carbocycles. The monoisotopic (exact) mass is 535 g/mol. The molecule has 2 rings (SSSR count). The lowest BCUT2D eigenvalue weighted by molar-refractivity contribution is -0.142. The van der Waals surface area contributed by atoms with Crippen LogP contribution in [0, 0.1) is 13.8 Å². The summed E-state index contributed by atoms with van der Waals surface area (Å²) in [4.78, 5) is 42.4. The summed E-state index contributed by atoms with van der Waals surface area (Å²) >= 11 is 0. The summed E-state index contributed by atoms with van der Waals surface area (Å²) < 4.78 is 5.48. The third-order valence-corrected chi connectivity index (χ3v) is 6.11. The minimum Gasteiger partial charge on any atom is -0.444 e. The standard InChI is InChI=1S/C32H45N3O4/c1-9-14-24(5)33-29(36)28(26-19-22(3)18-23(4)20-26)35(17-10-2)30(37)27(21-25-15-12-11-13-16-25)34-31(38)39-32(6,7)8/h10-13,15-16,18-20,24,27-28H,2,9,14,17,21H2,1,3-8H3,(H,33,36)(H,34,38). The molecule has 212 valence electrons. The molecule has 0 saturated heterocycles. The molecule has 0 aromatic heterocycles. The molecule has 0 aliphatic heterocycles. The fraction of sp³-hybridized carbons (Fsp3) is 0.469. The van der Waals surface area contributed by atoms with Crippen molar-refractivity contribution in [2.24, 2.45) is 0 Å². The maximum absolute atomic E-state index is 14.3. The van der Waals surface area contributed by atoms with Gasteiger partial charge in [0.25, 0.3) is 0 Å². The number of aryl methyl sites for hydroxylation is 2. The van der Waals surface area contributed by atoms with Gasteiger partial charge in [-0.1, -0.05) is 79.1 Å². The summed E-state index contributed by atoms with van der Waals surface area (Å²) in [7, 11) is 0. The molecule has 0 aliphatic carbocycles. The maximum Gasteiger partial charge on any atom is 0.408 e. The Morgan fingerprint density at radius 2 is 1.64 bits per heavy atom. The van der Waals surface area contributed by atoms with Gasteiger partial charge in [-0.05, 0) is 59.1 Å². The van der Waals surface area contributed by atoms with Crippen LogP contribution in [0.3, 0.4) is 0 Å². The highest BCUT2D eigenvalue weighted by molar-refractivity contribution is 5.92. The SMILES string of the molecule is C=CCN(C(=O)C(Cc1ccccc1)NC(=O)OC(C)(C)C)C(C(=O)NC(C)CCC)c1cc(C)cc(C)c1. The molecule has 0 saturated carbocycles. The van der Waals surface area contributed by atoms with Crippen molar-refractivity contribution >= 4 is 17.9 Å². The van der Waals surface area contributed by atoms with Gasteiger partial charge < -0.3 is 20.3 Å². The molecule has 0 aliphatic rings. The zero-order chi connectivity index (χ0) is 29.2.